The summed E-state index contributed by atoms with van der Waals surface area (Å²) >= 11 is 0. The Morgan fingerprint density at radius 1 is 0.839 bits per heavy atom. The number of hydrogen-bond donors (Lipinski definition) is 1. The van der Waals surface area contributed by atoms with Crippen LogP contribution in [0, 0.1) is 5.92 Å². The molecule has 4 rings (SSSR count). The standard InChI is InChI=1S/C27H28O3Si/c1-21-22(20-27(28)29)12-11-19-26(21)30-31(23-13-5-2-6-14-23,24-15-7-3-8-16-24)25-17-9-4-10-18-25/h2-10,13-18,22,26H,1,11-12,19-20H2,(H,28,29)/t22-,26+/m0/s1. The van der Waals surface area contributed by atoms with E-state index in [9.17, 15) is 9.90 Å². The van der Waals surface area contributed by atoms with Gasteiger partial charge in [0, 0.05) is 0 Å². The Balaban J connectivity index is 1.85. The molecule has 3 nitrogen and oxygen atoms in total. The second-order valence-electron chi connectivity index (χ2n) is 8.19. The Bertz CT molecular complexity index is 921. The van der Waals surface area contributed by atoms with E-state index in [-0.39, 0.29) is 18.4 Å². The molecule has 2 atom stereocenters. The van der Waals surface area contributed by atoms with Gasteiger partial charge in [-0.1, -0.05) is 97.6 Å². The molecule has 1 aliphatic rings. The van der Waals surface area contributed by atoms with Crippen molar-refractivity contribution < 1.29 is 14.3 Å². The molecule has 0 aromatic heterocycles. The first-order chi connectivity index (χ1) is 15.1. The molecule has 0 amide bonds. The number of rotatable bonds is 7. The Kier molecular flexibility index (Phi) is 6.49. The van der Waals surface area contributed by atoms with Crippen LogP contribution in [0.1, 0.15) is 25.7 Å². The highest BCUT2D eigenvalue weighted by atomic mass is 28.4. The molecule has 3 aromatic carbocycles. The molecule has 31 heavy (non-hydrogen) atoms. The van der Waals surface area contributed by atoms with E-state index in [1.54, 1.807) is 0 Å². The van der Waals surface area contributed by atoms with E-state index in [1.807, 2.05) is 18.2 Å². The van der Waals surface area contributed by atoms with Gasteiger partial charge in [-0.3, -0.25) is 4.79 Å². The van der Waals surface area contributed by atoms with E-state index >= 15 is 0 Å². The van der Waals surface area contributed by atoms with Crippen molar-refractivity contribution in [2.24, 2.45) is 5.92 Å². The maximum absolute atomic E-state index is 11.4. The van der Waals surface area contributed by atoms with Gasteiger partial charge in [-0.15, -0.1) is 0 Å². The lowest BCUT2D eigenvalue weighted by atomic mass is 9.81. The van der Waals surface area contributed by atoms with Crippen LogP contribution in [0.3, 0.4) is 0 Å². The molecule has 0 bridgehead atoms. The third-order valence-corrected chi connectivity index (χ3v) is 10.3. The zero-order chi connectivity index (χ0) is 21.7. The Morgan fingerprint density at radius 3 is 1.71 bits per heavy atom. The average molecular weight is 429 g/mol. The van der Waals surface area contributed by atoms with Gasteiger partial charge in [0.05, 0.1) is 12.5 Å². The molecule has 0 spiro atoms. The van der Waals surface area contributed by atoms with E-state index in [0.717, 1.165) is 24.8 Å². The molecule has 1 fully saturated rings. The molecular formula is C27H28O3Si. The lowest BCUT2D eigenvalue weighted by Crippen LogP contribution is -2.70. The maximum Gasteiger partial charge on any atom is 0.303 e. The second-order valence-corrected chi connectivity index (χ2v) is 11.5. The fourth-order valence-corrected chi connectivity index (χ4v) is 8.79. The number of aliphatic carboxylic acids is 1. The van der Waals surface area contributed by atoms with Gasteiger partial charge in [0.25, 0.3) is 8.32 Å². The van der Waals surface area contributed by atoms with Crippen molar-refractivity contribution in [1.82, 2.24) is 0 Å². The van der Waals surface area contributed by atoms with Gasteiger partial charge in [0.1, 0.15) is 0 Å². The Hall–Kier alpha value is -2.95. The monoisotopic (exact) mass is 428 g/mol. The highest BCUT2D eigenvalue weighted by molar-refractivity contribution is 7.07. The molecule has 0 radical (unpaired) electrons. The smallest absolute Gasteiger partial charge is 0.303 e. The number of hydrogen-bond acceptors (Lipinski definition) is 2. The second kappa shape index (κ2) is 9.46. The molecule has 3 aromatic rings. The first-order valence-corrected chi connectivity index (χ1v) is 12.8. The zero-order valence-electron chi connectivity index (χ0n) is 17.6. The molecule has 0 heterocycles. The Labute approximate surface area is 185 Å². The van der Waals surface area contributed by atoms with Crippen molar-refractivity contribution in [3.05, 3.63) is 103 Å². The third-order valence-electron chi connectivity index (χ3n) is 6.24. The number of carbonyl (C=O) groups is 1. The minimum atomic E-state index is -2.83. The van der Waals surface area contributed by atoms with Gasteiger partial charge in [0.15, 0.2) is 0 Å². The van der Waals surface area contributed by atoms with Gasteiger partial charge in [0.2, 0.25) is 0 Å². The summed E-state index contributed by atoms with van der Waals surface area (Å²) in [7, 11) is -2.83. The summed E-state index contributed by atoms with van der Waals surface area (Å²) in [4.78, 5) is 11.4. The van der Waals surface area contributed by atoms with Crippen LogP contribution < -0.4 is 15.6 Å². The first-order valence-electron chi connectivity index (χ1n) is 10.9. The lowest BCUT2D eigenvalue weighted by Gasteiger charge is -2.40. The molecule has 1 N–H and O–H groups in total. The van der Waals surface area contributed by atoms with Crippen molar-refractivity contribution in [2.75, 3.05) is 0 Å². The molecule has 4 heteroatoms. The van der Waals surface area contributed by atoms with Gasteiger partial charge in [-0.2, -0.15) is 0 Å². The summed E-state index contributed by atoms with van der Waals surface area (Å²) in [5.41, 5.74) is 0.924. The summed E-state index contributed by atoms with van der Waals surface area (Å²) in [6.07, 6.45) is 2.64. The van der Waals surface area contributed by atoms with Crippen molar-refractivity contribution in [3.8, 4) is 0 Å². The van der Waals surface area contributed by atoms with Gasteiger partial charge >= 0.3 is 5.97 Å². The Morgan fingerprint density at radius 2 is 1.29 bits per heavy atom. The topological polar surface area (TPSA) is 46.5 Å². The fraction of sp³-hybridized carbons (Fsp3) is 0.222. The van der Waals surface area contributed by atoms with Crippen LogP contribution in [0.25, 0.3) is 0 Å². The van der Waals surface area contributed by atoms with Crippen LogP contribution in [0.2, 0.25) is 0 Å². The summed E-state index contributed by atoms with van der Waals surface area (Å²) in [5.74, 6) is -0.810. The van der Waals surface area contributed by atoms with E-state index < -0.39 is 14.3 Å². The number of carboxylic acid groups (broad SMARTS) is 1. The molecular weight excluding hydrogens is 400 g/mol. The van der Waals surface area contributed by atoms with Crippen LogP contribution in [0.15, 0.2) is 103 Å². The van der Waals surface area contributed by atoms with Gasteiger partial charge in [-0.25, -0.2) is 0 Å². The quantitative estimate of drug-likeness (QED) is 0.353. The van der Waals surface area contributed by atoms with Crippen LogP contribution in [0.4, 0.5) is 0 Å². The first kappa shape index (κ1) is 21.3. The van der Waals surface area contributed by atoms with Crippen molar-refractivity contribution in [1.29, 1.82) is 0 Å². The maximum atomic E-state index is 11.4. The third kappa shape index (κ3) is 4.41. The predicted octanol–water partition coefficient (Wildman–Crippen LogP) is 3.87. The molecule has 1 aliphatic carbocycles. The van der Waals surface area contributed by atoms with Crippen LogP contribution in [-0.2, 0) is 9.22 Å². The zero-order valence-corrected chi connectivity index (χ0v) is 18.6. The largest absolute Gasteiger partial charge is 0.481 e. The van der Waals surface area contributed by atoms with Crippen molar-refractivity contribution >= 4 is 29.8 Å². The number of benzene rings is 3. The summed E-state index contributed by atoms with van der Waals surface area (Å²) in [5, 5.41) is 12.9. The summed E-state index contributed by atoms with van der Waals surface area (Å²) in [6, 6.07) is 31.4. The van der Waals surface area contributed by atoms with E-state index in [0.29, 0.717) is 0 Å². The molecule has 1 saturated carbocycles. The van der Waals surface area contributed by atoms with Crippen molar-refractivity contribution in [3.63, 3.8) is 0 Å². The normalized spacial score (nSPS) is 19.2. The van der Waals surface area contributed by atoms with E-state index in [2.05, 4.69) is 79.4 Å². The van der Waals surface area contributed by atoms with Crippen LogP contribution in [0.5, 0.6) is 0 Å². The lowest BCUT2D eigenvalue weighted by molar-refractivity contribution is -0.138. The number of carboxylic acids is 1. The van der Waals surface area contributed by atoms with Gasteiger partial charge in [-0.05, 0) is 46.3 Å². The van der Waals surface area contributed by atoms with E-state index in [4.69, 9.17) is 4.43 Å². The van der Waals surface area contributed by atoms with Gasteiger partial charge < -0.3 is 9.53 Å². The SMILES string of the molecule is C=C1[C@H](CC(=O)O)CCC[C@H]1O[Si](c1ccccc1)(c1ccccc1)c1ccccc1. The highest BCUT2D eigenvalue weighted by Crippen LogP contribution is 2.34. The molecule has 158 valence electrons. The highest BCUT2D eigenvalue weighted by Gasteiger charge is 2.45. The van der Waals surface area contributed by atoms with E-state index in [1.165, 1.54) is 15.6 Å². The van der Waals surface area contributed by atoms with Crippen LogP contribution >= 0.6 is 0 Å². The van der Waals surface area contributed by atoms with Crippen LogP contribution in [-0.4, -0.2) is 25.5 Å². The molecule has 0 saturated heterocycles. The molecule has 0 unspecified atom stereocenters. The average Bonchev–Trinajstić information content (AvgIpc) is 2.81. The molecule has 0 aliphatic heterocycles. The predicted molar refractivity (Wildman–Crippen MR) is 128 cm³/mol. The minimum absolute atomic E-state index is 0.0368. The minimum Gasteiger partial charge on any atom is -0.481 e. The summed E-state index contributed by atoms with van der Waals surface area (Å²) < 4.78 is 7.21. The summed E-state index contributed by atoms with van der Waals surface area (Å²) in [6.45, 7) is 4.33. The van der Waals surface area contributed by atoms with Crippen molar-refractivity contribution in [2.45, 2.75) is 31.8 Å². The fourth-order valence-electron chi connectivity index (χ4n) is 4.70.